The minimum absolute atomic E-state index is 0.130. The number of hydrogen-bond acceptors (Lipinski definition) is 2. The summed E-state index contributed by atoms with van der Waals surface area (Å²) in [4.78, 5) is 22.5. The summed E-state index contributed by atoms with van der Waals surface area (Å²) in [5.74, 6) is -1.06. The molecule has 0 aliphatic carbocycles. The van der Waals surface area contributed by atoms with Crippen LogP contribution in [0.2, 0.25) is 0 Å². The van der Waals surface area contributed by atoms with Crippen LogP contribution in [0.5, 0.6) is 0 Å². The van der Waals surface area contributed by atoms with Gasteiger partial charge in [-0.05, 0) is 12.8 Å². The van der Waals surface area contributed by atoms with Gasteiger partial charge in [0.05, 0.1) is 0 Å². The number of carbonyl (C=O) groups is 2. The Kier molecular flexibility index (Phi) is 10.4. The van der Waals surface area contributed by atoms with Crippen molar-refractivity contribution < 1.29 is 14.7 Å². The third-order valence-electron chi connectivity index (χ3n) is 2.99. The second-order valence-corrected chi connectivity index (χ2v) is 4.76. The second-order valence-electron chi connectivity index (χ2n) is 4.76. The lowest BCUT2D eigenvalue weighted by Gasteiger charge is -2.13. The van der Waals surface area contributed by atoms with Crippen molar-refractivity contribution in [3.63, 3.8) is 0 Å². The molecule has 0 bridgehead atoms. The topological polar surface area (TPSA) is 66.4 Å². The van der Waals surface area contributed by atoms with Crippen molar-refractivity contribution in [1.29, 1.82) is 0 Å². The average molecular weight is 257 g/mol. The van der Waals surface area contributed by atoms with Crippen LogP contribution in [0.15, 0.2) is 0 Å². The molecule has 0 fully saturated rings. The Morgan fingerprint density at radius 2 is 1.61 bits per heavy atom. The Balaban J connectivity index is 3.77. The first kappa shape index (κ1) is 16.9. The van der Waals surface area contributed by atoms with Crippen LogP contribution < -0.4 is 5.32 Å². The van der Waals surface area contributed by atoms with Crippen molar-refractivity contribution >= 4 is 11.9 Å². The standard InChI is InChI=1S/C14H27NO3/c1-3-5-7-8-9-11-13(16)15-12(14(17)18)10-6-4-2/h12H,3-11H2,1-2H3,(H,15,16)(H,17,18)/t12-/m0/s1. The number of unbranched alkanes of at least 4 members (excludes halogenated alkanes) is 5. The summed E-state index contributed by atoms with van der Waals surface area (Å²) >= 11 is 0. The van der Waals surface area contributed by atoms with E-state index in [2.05, 4.69) is 12.2 Å². The molecular weight excluding hydrogens is 230 g/mol. The van der Waals surface area contributed by atoms with Gasteiger partial charge in [-0.25, -0.2) is 4.79 Å². The monoisotopic (exact) mass is 257 g/mol. The fourth-order valence-electron chi connectivity index (χ4n) is 1.82. The van der Waals surface area contributed by atoms with Crippen molar-refractivity contribution in [1.82, 2.24) is 5.32 Å². The van der Waals surface area contributed by atoms with E-state index in [9.17, 15) is 9.59 Å². The van der Waals surface area contributed by atoms with Gasteiger partial charge in [0, 0.05) is 6.42 Å². The van der Waals surface area contributed by atoms with Gasteiger partial charge in [0.2, 0.25) is 5.91 Å². The zero-order valence-corrected chi connectivity index (χ0v) is 11.7. The summed E-state index contributed by atoms with van der Waals surface area (Å²) in [6, 6.07) is -0.715. The molecule has 0 aliphatic heterocycles. The molecule has 0 aromatic heterocycles. The molecule has 0 saturated carbocycles. The van der Waals surface area contributed by atoms with Crippen LogP contribution in [0.4, 0.5) is 0 Å². The highest BCUT2D eigenvalue weighted by molar-refractivity contribution is 5.83. The predicted octanol–water partition coefficient (Wildman–Crippen LogP) is 3.11. The molecule has 106 valence electrons. The number of carboxylic acid groups (broad SMARTS) is 1. The Morgan fingerprint density at radius 3 is 2.17 bits per heavy atom. The van der Waals surface area contributed by atoms with E-state index in [1.807, 2.05) is 6.92 Å². The maximum atomic E-state index is 11.6. The SMILES string of the molecule is CCCCCCCC(=O)N[C@@H](CCCC)C(=O)O. The first-order valence-electron chi connectivity index (χ1n) is 7.14. The Hall–Kier alpha value is -1.06. The lowest BCUT2D eigenvalue weighted by Crippen LogP contribution is -2.40. The van der Waals surface area contributed by atoms with Crippen molar-refractivity contribution in [2.24, 2.45) is 0 Å². The van der Waals surface area contributed by atoms with Crippen LogP contribution >= 0.6 is 0 Å². The Labute approximate surface area is 110 Å². The van der Waals surface area contributed by atoms with E-state index in [-0.39, 0.29) is 5.91 Å². The highest BCUT2D eigenvalue weighted by atomic mass is 16.4. The predicted molar refractivity (Wildman–Crippen MR) is 72.5 cm³/mol. The van der Waals surface area contributed by atoms with Crippen LogP contribution in [0.3, 0.4) is 0 Å². The molecule has 0 aromatic rings. The number of rotatable bonds is 11. The number of hydrogen-bond donors (Lipinski definition) is 2. The molecule has 0 saturated heterocycles. The van der Waals surface area contributed by atoms with Gasteiger partial charge in [0.25, 0.3) is 0 Å². The Morgan fingerprint density at radius 1 is 1.00 bits per heavy atom. The minimum atomic E-state index is -0.928. The molecule has 0 heterocycles. The fraction of sp³-hybridized carbons (Fsp3) is 0.857. The van der Waals surface area contributed by atoms with Crippen LogP contribution in [-0.2, 0) is 9.59 Å². The minimum Gasteiger partial charge on any atom is -0.480 e. The maximum Gasteiger partial charge on any atom is 0.326 e. The van der Waals surface area contributed by atoms with Gasteiger partial charge >= 0.3 is 5.97 Å². The van der Waals surface area contributed by atoms with E-state index in [1.54, 1.807) is 0 Å². The molecule has 0 spiro atoms. The van der Waals surface area contributed by atoms with Crippen LogP contribution in [-0.4, -0.2) is 23.0 Å². The molecule has 1 amide bonds. The molecule has 4 heteroatoms. The van der Waals surface area contributed by atoms with E-state index >= 15 is 0 Å². The van der Waals surface area contributed by atoms with Crippen molar-refractivity contribution in [3.05, 3.63) is 0 Å². The van der Waals surface area contributed by atoms with E-state index in [1.165, 1.54) is 12.8 Å². The lowest BCUT2D eigenvalue weighted by molar-refractivity contribution is -0.142. The summed E-state index contributed by atoms with van der Waals surface area (Å²) in [6.07, 6.45) is 8.18. The van der Waals surface area contributed by atoms with Gasteiger partial charge < -0.3 is 10.4 Å². The molecule has 4 nitrogen and oxygen atoms in total. The van der Waals surface area contributed by atoms with Crippen LogP contribution in [0, 0.1) is 0 Å². The summed E-state index contributed by atoms with van der Waals surface area (Å²) in [6.45, 7) is 4.16. The van der Waals surface area contributed by atoms with E-state index in [4.69, 9.17) is 5.11 Å². The highest BCUT2D eigenvalue weighted by Gasteiger charge is 2.18. The van der Waals surface area contributed by atoms with Crippen molar-refractivity contribution in [2.75, 3.05) is 0 Å². The van der Waals surface area contributed by atoms with Crippen molar-refractivity contribution in [3.8, 4) is 0 Å². The van der Waals surface area contributed by atoms with Gasteiger partial charge in [-0.3, -0.25) is 4.79 Å². The quantitative estimate of drug-likeness (QED) is 0.559. The van der Waals surface area contributed by atoms with Gasteiger partial charge in [0.15, 0.2) is 0 Å². The molecule has 18 heavy (non-hydrogen) atoms. The molecule has 2 N–H and O–H groups in total. The zero-order chi connectivity index (χ0) is 13.8. The van der Waals surface area contributed by atoms with Gasteiger partial charge in [-0.15, -0.1) is 0 Å². The largest absolute Gasteiger partial charge is 0.480 e. The van der Waals surface area contributed by atoms with Gasteiger partial charge in [-0.2, -0.15) is 0 Å². The number of carbonyl (C=O) groups excluding carboxylic acids is 1. The van der Waals surface area contributed by atoms with Crippen LogP contribution in [0.1, 0.15) is 71.6 Å². The van der Waals surface area contributed by atoms with Crippen molar-refractivity contribution in [2.45, 2.75) is 77.7 Å². The summed E-state index contributed by atoms with van der Waals surface area (Å²) in [5.41, 5.74) is 0. The van der Waals surface area contributed by atoms with E-state index in [0.717, 1.165) is 32.1 Å². The number of amides is 1. The first-order valence-corrected chi connectivity index (χ1v) is 7.14. The number of aliphatic carboxylic acids is 1. The normalized spacial score (nSPS) is 12.1. The van der Waals surface area contributed by atoms with Gasteiger partial charge in [-0.1, -0.05) is 52.4 Å². The van der Waals surface area contributed by atoms with E-state index in [0.29, 0.717) is 12.8 Å². The third-order valence-corrected chi connectivity index (χ3v) is 2.99. The Bertz CT molecular complexity index is 241. The summed E-state index contributed by atoms with van der Waals surface area (Å²) < 4.78 is 0. The molecule has 0 rings (SSSR count). The lowest BCUT2D eigenvalue weighted by atomic mass is 10.1. The second kappa shape index (κ2) is 11.1. The molecule has 0 aromatic carbocycles. The van der Waals surface area contributed by atoms with E-state index < -0.39 is 12.0 Å². The molecular formula is C14H27NO3. The molecule has 0 aliphatic rings. The summed E-state index contributed by atoms with van der Waals surface area (Å²) in [7, 11) is 0. The van der Waals surface area contributed by atoms with Crippen LogP contribution in [0.25, 0.3) is 0 Å². The average Bonchev–Trinajstić information content (AvgIpc) is 2.33. The molecule has 0 radical (unpaired) electrons. The maximum absolute atomic E-state index is 11.6. The fourth-order valence-corrected chi connectivity index (χ4v) is 1.82. The smallest absolute Gasteiger partial charge is 0.326 e. The summed E-state index contributed by atoms with van der Waals surface area (Å²) in [5, 5.41) is 11.6. The van der Waals surface area contributed by atoms with Gasteiger partial charge in [0.1, 0.15) is 6.04 Å². The molecule has 0 unspecified atom stereocenters. The zero-order valence-electron chi connectivity index (χ0n) is 11.7. The highest BCUT2D eigenvalue weighted by Crippen LogP contribution is 2.06. The first-order chi connectivity index (χ1) is 8.61. The molecule has 1 atom stereocenters. The number of nitrogens with one attached hydrogen (secondary N) is 1. The third kappa shape index (κ3) is 9.02. The number of carboxylic acids is 1.